The highest BCUT2D eigenvalue weighted by atomic mass is 32.2. The van der Waals surface area contributed by atoms with E-state index in [0.717, 1.165) is 12.8 Å². The monoisotopic (exact) mass is 243 g/mol. The highest BCUT2D eigenvalue weighted by molar-refractivity contribution is 7.89. The molecule has 1 aliphatic rings. The third kappa shape index (κ3) is 2.65. The maximum Gasteiger partial charge on any atom is 0.241 e. The van der Waals surface area contributed by atoms with E-state index in [1.54, 1.807) is 0 Å². The van der Waals surface area contributed by atoms with Gasteiger partial charge in [-0.25, -0.2) is 13.6 Å². The lowest BCUT2D eigenvalue weighted by Gasteiger charge is -2.07. The Balaban J connectivity index is 2.20. The molecule has 1 aromatic carbocycles. The van der Waals surface area contributed by atoms with Crippen molar-refractivity contribution >= 4 is 10.0 Å². The second-order valence-electron chi connectivity index (χ2n) is 3.93. The Bertz CT molecular complexity index is 494. The molecule has 6 heteroatoms. The van der Waals surface area contributed by atoms with E-state index in [2.05, 4.69) is 0 Å². The summed E-state index contributed by atoms with van der Waals surface area (Å²) in [6.07, 6.45) is 2.31. The Labute approximate surface area is 93.9 Å². The van der Waals surface area contributed by atoms with Crippen LogP contribution in [0.3, 0.4) is 0 Å². The van der Waals surface area contributed by atoms with Crippen LogP contribution in [0.15, 0.2) is 23.1 Å². The van der Waals surface area contributed by atoms with Crippen LogP contribution < -0.4 is 9.88 Å². The van der Waals surface area contributed by atoms with E-state index in [1.165, 1.54) is 18.2 Å². The van der Waals surface area contributed by atoms with Gasteiger partial charge in [-0.05, 0) is 30.9 Å². The van der Waals surface area contributed by atoms with E-state index in [1.807, 2.05) is 0 Å². The molecule has 1 aromatic rings. The first-order valence-corrected chi connectivity index (χ1v) is 6.50. The molecule has 0 amide bonds. The normalized spacial score (nSPS) is 16.1. The van der Waals surface area contributed by atoms with Crippen molar-refractivity contribution in [3.8, 4) is 11.5 Å². The average molecular weight is 243 g/mol. The third-order valence-corrected chi connectivity index (χ3v) is 3.36. The summed E-state index contributed by atoms with van der Waals surface area (Å²) in [6.45, 7) is 0.578. The number of sulfonamides is 1. The first-order valence-electron chi connectivity index (χ1n) is 4.95. The summed E-state index contributed by atoms with van der Waals surface area (Å²) < 4.78 is 27.6. The maximum absolute atomic E-state index is 11.1. The Morgan fingerprint density at radius 3 is 2.69 bits per heavy atom. The van der Waals surface area contributed by atoms with Gasteiger partial charge in [0.05, 0.1) is 6.61 Å². The van der Waals surface area contributed by atoms with E-state index in [4.69, 9.17) is 9.88 Å². The highest BCUT2D eigenvalue weighted by Crippen LogP contribution is 2.31. The fourth-order valence-corrected chi connectivity index (χ4v) is 1.95. The number of nitrogens with two attached hydrogens (primary N) is 1. The maximum atomic E-state index is 11.1. The minimum atomic E-state index is -3.91. The Hall–Kier alpha value is -1.27. The van der Waals surface area contributed by atoms with Crippen LogP contribution in [-0.2, 0) is 10.0 Å². The summed E-state index contributed by atoms with van der Waals surface area (Å²) in [5.74, 6) is 0.627. The average Bonchev–Trinajstić information content (AvgIpc) is 2.98. The summed E-state index contributed by atoms with van der Waals surface area (Å²) in [5, 5.41) is 14.3. The molecule has 1 saturated carbocycles. The van der Waals surface area contributed by atoms with Crippen LogP contribution in [0.25, 0.3) is 0 Å². The van der Waals surface area contributed by atoms with Crippen molar-refractivity contribution in [1.29, 1.82) is 0 Å². The molecule has 0 radical (unpaired) electrons. The number of hydrogen-bond donors (Lipinski definition) is 2. The fourth-order valence-electron chi connectivity index (χ4n) is 1.31. The van der Waals surface area contributed by atoms with Crippen LogP contribution >= 0.6 is 0 Å². The Morgan fingerprint density at radius 2 is 2.12 bits per heavy atom. The largest absolute Gasteiger partial charge is 0.507 e. The van der Waals surface area contributed by atoms with Crippen molar-refractivity contribution in [2.75, 3.05) is 6.61 Å². The number of aromatic hydroxyl groups is 1. The first kappa shape index (κ1) is 11.2. The standard InChI is InChI=1S/C10H13NO4S/c11-16(13,14)10-5-8(3-4-9(10)12)15-6-7-1-2-7/h3-5,7,12H,1-2,6H2,(H2,11,13,14). The van der Waals surface area contributed by atoms with Crippen LogP contribution in [0.4, 0.5) is 0 Å². The predicted octanol–water partition coefficient (Wildman–Crippen LogP) is 0.828. The summed E-state index contributed by atoms with van der Waals surface area (Å²) >= 11 is 0. The molecule has 0 atom stereocenters. The molecule has 0 aliphatic heterocycles. The molecule has 0 bridgehead atoms. The molecule has 0 saturated heterocycles. The molecule has 5 nitrogen and oxygen atoms in total. The first-order chi connectivity index (χ1) is 7.47. The minimum absolute atomic E-state index is 0.305. The van der Waals surface area contributed by atoms with E-state index in [9.17, 15) is 13.5 Å². The molecule has 1 aliphatic carbocycles. The van der Waals surface area contributed by atoms with Gasteiger partial charge in [0.15, 0.2) is 0 Å². The number of phenolic OH excluding ortho intramolecular Hbond substituents is 1. The van der Waals surface area contributed by atoms with E-state index < -0.39 is 10.0 Å². The SMILES string of the molecule is NS(=O)(=O)c1cc(OCC2CC2)ccc1O. The second-order valence-corrected chi connectivity index (χ2v) is 5.46. The third-order valence-electron chi connectivity index (χ3n) is 2.42. The molecule has 0 spiro atoms. The van der Waals surface area contributed by atoms with Gasteiger partial charge in [-0.3, -0.25) is 0 Å². The van der Waals surface area contributed by atoms with Gasteiger partial charge in [-0.15, -0.1) is 0 Å². The lowest BCUT2D eigenvalue weighted by atomic mass is 10.3. The number of primary sulfonamides is 1. The molecular weight excluding hydrogens is 230 g/mol. The molecule has 88 valence electrons. The van der Waals surface area contributed by atoms with Gasteiger partial charge in [0.2, 0.25) is 10.0 Å². The molecule has 1 fully saturated rings. The van der Waals surface area contributed by atoms with E-state index in [0.29, 0.717) is 18.3 Å². The van der Waals surface area contributed by atoms with Crippen molar-refractivity contribution in [3.05, 3.63) is 18.2 Å². The molecular formula is C10H13NO4S. The predicted molar refractivity (Wildman–Crippen MR) is 57.7 cm³/mol. The quantitative estimate of drug-likeness (QED) is 0.819. The van der Waals surface area contributed by atoms with Crippen LogP contribution in [0.5, 0.6) is 11.5 Å². The smallest absolute Gasteiger partial charge is 0.241 e. The molecule has 0 unspecified atom stereocenters. The van der Waals surface area contributed by atoms with Crippen molar-refractivity contribution < 1.29 is 18.3 Å². The van der Waals surface area contributed by atoms with Crippen LogP contribution in [0, 0.1) is 5.92 Å². The highest BCUT2D eigenvalue weighted by Gasteiger charge is 2.22. The zero-order valence-electron chi connectivity index (χ0n) is 8.59. The summed E-state index contributed by atoms with van der Waals surface area (Å²) in [7, 11) is -3.91. The zero-order chi connectivity index (χ0) is 11.8. The minimum Gasteiger partial charge on any atom is -0.507 e. The molecule has 0 aromatic heterocycles. The van der Waals surface area contributed by atoms with Gasteiger partial charge in [-0.1, -0.05) is 0 Å². The van der Waals surface area contributed by atoms with Gasteiger partial charge in [0, 0.05) is 6.07 Å². The number of phenols is 1. The van der Waals surface area contributed by atoms with Gasteiger partial charge in [-0.2, -0.15) is 0 Å². The Morgan fingerprint density at radius 1 is 1.44 bits per heavy atom. The molecule has 0 heterocycles. The lowest BCUT2D eigenvalue weighted by molar-refractivity contribution is 0.298. The number of hydrogen-bond acceptors (Lipinski definition) is 4. The Kier molecular flexibility index (Phi) is 2.77. The summed E-state index contributed by atoms with van der Waals surface area (Å²) in [4.78, 5) is -0.305. The summed E-state index contributed by atoms with van der Waals surface area (Å²) in [6, 6.07) is 4.03. The van der Waals surface area contributed by atoms with Crippen LogP contribution in [0.2, 0.25) is 0 Å². The number of benzene rings is 1. The molecule has 2 rings (SSSR count). The zero-order valence-corrected chi connectivity index (χ0v) is 9.40. The molecule has 3 N–H and O–H groups in total. The van der Waals surface area contributed by atoms with Crippen molar-refractivity contribution in [1.82, 2.24) is 0 Å². The van der Waals surface area contributed by atoms with Crippen LogP contribution in [0.1, 0.15) is 12.8 Å². The second kappa shape index (κ2) is 3.95. The van der Waals surface area contributed by atoms with Crippen LogP contribution in [-0.4, -0.2) is 20.1 Å². The van der Waals surface area contributed by atoms with Gasteiger partial charge in [0.1, 0.15) is 16.4 Å². The molecule has 16 heavy (non-hydrogen) atoms. The fraction of sp³-hybridized carbons (Fsp3) is 0.400. The lowest BCUT2D eigenvalue weighted by Crippen LogP contribution is -2.12. The summed E-state index contributed by atoms with van der Waals surface area (Å²) in [5.41, 5.74) is 0. The van der Waals surface area contributed by atoms with E-state index >= 15 is 0 Å². The topological polar surface area (TPSA) is 89.6 Å². The van der Waals surface area contributed by atoms with Crippen molar-refractivity contribution in [3.63, 3.8) is 0 Å². The van der Waals surface area contributed by atoms with E-state index in [-0.39, 0.29) is 10.6 Å². The number of ether oxygens (including phenoxy) is 1. The van der Waals surface area contributed by atoms with Gasteiger partial charge in [0.25, 0.3) is 0 Å². The van der Waals surface area contributed by atoms with Gasteiger partial charge < -0.3 is 9.84 Å². The number of rotatable bonds is 4. The van der Waals surface area contributed by atoms with Crippen molar-refractivity contribution in [2.45, 2.75) is 17.7 Å². The van der Waals surface area contributed by atoms with Crippen molar-refractivity contribution in [2.24, 2.45) is 11.1 Å². The van der Waals surface area contributed by atoms with Gasteiger partial charge >= 0.3 is 0 Å².